The van der Waals surface area contributed by atoms with Gasteiger partial charge in [-0.05, 0) is 23.8 Å². The predicted molar refractivity (Wildman–Crippen MR) is 72.5 cm³/mol. The fraction of sp³-hybridized carbons (Fsp3) is 0.133. The molecule has 108 valence electrons. The van der Waals surface area contributed by atoms with E-state index in [2.05, 4.69) is 4.98 Å². The maximum absolute atomic E-state index is 13.1. The highest BCUT2D eigenvalue weighted by Crippen LogP contribution is 2.26. The third-order valence-electron chi connectivity index (χ3n) is 2.86. The Morgan fingerprint density at radius 3 is 2.52 bits per heavy atom. The molecule has 5 nitrogen and oxygen atoms in total. The van der Waals surface area contributed by atoms with Crippen LogP contribution < -0.4 is 0 Å². The number of hydrogen-bond acceptors (Lipinski definition) is 4. The Bertz CT molecular complexity index is 700. The highest BCUT2D eigenvalue weighted by atomic mass is 19.1. The van der Waals surface area contributed by atoms with E-state index in [0.29, 0.717) is 11.1 Å². The summed E-state index contributed by atoms with van der Waals surface area (Å²) >= 11 is 0. The lowest BCUT2D eigenvalue weighted by Gasteiger charge is -2.06. The van der Waals surface area contributed by atoms with E-state index in [1.807, 2.05) is 0 Å². The molecule has 0 fully saturated rings. The number of pyridine rings is 1. The number of Topliss-reactive ketones (excluding diaryl/α,β-unsaturated/α-hetero) is 1. The van der Waals surface area contributed by atoms with Gasteiger partial charge in [0.15, 0.2) is 5.78 Å². The third-order valence-corrected chi connectivity index (χ3v) is 2.86. The molecule has 0 amide bonds. The van der Waals surface area contributed by atoms with Gasteiger partial charge in [-0.2, -0.15) is 0 Å². The quantitative estimate of drug-likeness (QED) is 0.826. The Morgan fingerprint density at radius 1 is 1.14 bits per heavy atom. The SMILES string of the molecule is O=C(O)CCC(=O)c1ncc(-c2cccc(F)c2)cc1O. The van der Waals surface area contributed by atoms with E-state index in [0.717, 1.165) is 0 Å². The molecule has 0 saturated carbocycles. The first-order chi connectivity index (χ1) is 9.97. The molecule has 2 rings (SSSR count). The lowest BCUT2D eigenvalue weighted by molar-refractivity contribution is -0.136. The summed E-state index contributed by atoms with van der Waals surface area (Å²) in [5, 5.41) is 18.4. The molecular weight excluding hydrogens is 277 g/mol. The zero-order valence-corrected chi connectivity index (χ0v) is 10.9. The van der Waals surface area contributed by atoms with Gasteiger partial charge in [0, 0.05) is 18.2 Å². The van der Waals surface area contributed by atoms with Crippen LogP contribution in [0.25, 0.3) is 11.1 Å². The summed E-state index contributed by atoms with van der Waals surface area (Å²) in [7, 11) is 0. The Morgan fingerprint density at radius 2 is 1.90 bits per heavy atom. The number of ketones is 1. The van der Waals surface area contributed by atoms with Gasteiger partial charge in [0.05, 0.1) is 6.42 Å². The summed E-state index contributed by atoms with van der Waals surface area (Å²) < 4.78 is 13.1. The molecule has 0 spiro atoms. The van der Waals surface area contributed by atoms with Gasteiger partial charge in [-0.25, -0.2) is 9.37 Å². The first kappa shape index (κ1) is 14.6. The summed E-state index contributed by atoms with van der Waals surface area (Å²) in [5.74, 6) is -2.43. The number of aromatic nitrogens is 1. The monoisotopic (exact) mass is 289 g/mol. The van der Waals surface area contributed by atoms with Crippen LogP contribution in [0.4, 0.5) is 4.39 Å². The fourth-order valence-corrected chi connectivity index (χ4v) is 1.83. The van der Waals surface area contributed by atoms with Crippen LogP contribution in [0.2, 0.25) is 0 Å². The minimum atomic E-state index is -1.10. The number of carboxylic acid groups (broad SMARTS) is 1. The average Bonchev–Trinajstić information content (AvgIpc) is 2.44. The van der Waals surface area contributed by atoms with E-state index < -0.39 is 17.6 Å². The zero-order chi connectivity index (χ0) is 15.4. The largest absolute Gasteiger partial charge is 0.506 e. The minimum Gasteiger partial charge on any atom is -0.506 e. The number of benzene rings is 1. The van der Waals surface area contributed by atoms with E-state index in [9.17, 15) is 19.1 Å². The Kier molecular flexibility index (Phi) is 4.27. The lowest BCUT2D eigenvalue weighted by atomic mass is 10.1. The number of aromatic hydroxyl groups is 1. The van der Waals surface area contributed by atoms with Crippen molar-refractivity contribution >= 4 is 11.8 Å². The van der Waals surface area contributed by atoms with Crippen molar-refractivity contribution in [2.24, 2.45) is 0 Å². The van der Waals surface area contributed by atoms with Crippen molar-refractivity contribution in [3.63, 3.8) is 0 Å². The molecule has 0 aliphatic carbocycles. The van der Waals surface area contributed by atoms with Crippen LogP contribution in [0.15, 0.2) is 36.5 Å². The number of carboxylic acids is 1. The summed E-state index contributed by atoms with van der Waals surface area (Å²) in [6.45, 7) is 0. The predicted octanol–water partition coefficient (Wildman–Crippen LogP) is 2.64. The number of halogens is 1. The Labute approximate surface area is 119 Å². The van der Waals surface area contributed by atoms with E-state index in [-0.39, 0.29) is 24.3 Å². The van der Waals surface area contributed by atoms with E-state index in [1.54, 1.807) is 6.07 Å². The number of nitrogens with zero attached hydrogens (tertiary/aromatic N) is 1. The van der Waals surface area contributed by atoms with Gasteiger partial charge in [-0.3, -0.25) is 9.59 Å². The molecule has 1 aromatic carbocycles. The van der Waals surface area contributed by atoms with Gasteiger partial charge in [-0.1, -0.05) is 12.1 Å². The lowest BCUT2D eigenvalue weighted by Crippen LogP contribution is -2.06. The van der Waals surface area contributed by atoms with Crippen molar-refractivity contribution < 1.29 is 24.2 Å². The van der Waals surface area contributed by atoms with Gasteiger partial charge < -0.3 is 10.2 Å². The molecule has 0 aliphatic rings. The van der Waals surface area contributed by atoms with Gasteiger partial charge in [0.2, 0.25) is 0 Å². The van der Waals surface area contributed by atoms with Crippen molar-refractivity contribution in [3.8, 4) is 16.9 Å². The smallest absolute Gasteiger partial charge is 0.303 e. The highest BCUT2D eigenvalue weighted by molar-refractivity contribution is 5.98. The molecule has 0 bridgehead atoms. The van der Waals surface area contributed by atoms with Gasteiger partial charge in [0.1, 0.15) is 17.3 Å². The molecular formula is C15H12FNO4. The second-order valence-corrected chi connectivity index (χ2v) is 4.42. The van der Waals surface area contributed by atoms with Crippen LogP contribution in [0.5, 0.6) is 5.75 Å². The number of hydrogen-bond donors (Lipinski definition) is 2. The van der Waals surface area contributed by atoms with Crippen molar-refractivity contribution in [3.05, 3.63) is 48.0 Å². The van der Waals surface area contributed by atoms with Gasteiger partial charge in [0.25, 0.3) is 0 Å². The first-order valence-electron chi connectivity index (χ1n) is 6.17. The molecule has 0 aliphatic heterocycles. The van der Waals surface area contributed by atoms with Crippen molar-refractivity contribution in [2.75, 3.05) is 0 Å². The number of carbonyl (C=O) groups is 2. The van der Waals surface area contributed by atoms with Crippen LogP contribution in [0.1, 0.15) is 23.3 Å². The van der Waals surface area contributed by atoms with E-state index >= 15 is 0 Å². The number of rotatable bonds is 5. The maximum Gasteiger partial charge on any atom is 0.303 e. The summed E-state index contributed by atoms with van der Waals surface area (Å²) in [5.41, 5.74) is 0.792. The van der Waals surface area contributed by atoms with Crippen LogP contribution in [0, 0.1) is 5.82 Å². The van der Waals surface area contributed by atoms with E-state index in [4.69, 9.17) is 5.11 Å². The second kappa shape index (κ2) is 6.13. The molecule has 1 aromatic heterocycles. The molecule has 0 unspecified atom stereocenters. The fourth-order valence-electron chi connectivity index (χ4n) is 1.83. The van der Waals surface area contributed by atoms with Gasteiger partial charge in [-0.15, -0.1) is 0 Å². The highest BCUT2D eigenvalue weighted by Gasteiger charge is 2.15. The molecule has 0 radical (unpaired) electrons. The molecule has 0 saturated heterocycles. The van der Waals surface area contributed by atoms with Crippen molar-refractivity contribution in [2.45, 2.75) is 12.8 Å². The Balaban J connectivity index is 2.25. The van der Waals surface area contributed by atoms with Crippen LogP contribution in [-0.4, -0.2) is 26.9 Å². The zero-order valence-electron chi connectivity index (χ0n) is 10.9. The van der Waals surface area contributed by atoms with Gasteiger partial charge >= 0.3 is 5.97 Å². The normalized spacial score (nSPS) is 10.3. The third kappa shape index (κ3) is 3.62. The van der Waals surface area contributed by atoms with Crippen molar-refractivity contribution in [1.82, 2.24) is 4.98 Å². The molecule has 2 N–H and O–H groups in total. The average molecular weight is 289 g/mol. The maximum atomic E-state index is 13.1. The number of aliphatic carboxylic acids is 1. The van der Waals surface area contributed by atoms with Crippen LogP contribution in [-0.2, 0) is 4.79 Å². The molecule has 6 heteroatoms. The second-order valence-electron chi connectivity index (χ2n) is 4.42. The summed E-state index contributed by atoms with van der Waals surface area (Å²) in [4.78, 5) is 26.0. The summed E-state index contributed by atoms with van der Waals surface area (Å²) in [6, 6.07) is 7.04. The van der Waals surface area contributed by atoms with Crippen molar-refractivity contribution in [1.29, 1.82) is 0 Å². The molecule has 2 aromatic rings. The first-order valence-corrected chi connectivity index (χ1v) is 6.17. The Hall–Kier alpha value is -2.76. The topological polar surface area (TPSA) is 87.5 Å². The molecule has 21 heavy (non-hydrogen) atoms. The summed E-state index contributed by atoms with van der Waals surface area (Å²) in [6.07, 6.45) is 0.767. The van der Waals surface area contributed by atoms with Crippen LogP contribution >= 0.6 is 0 Å². The molecule has 0 atom stereocenters. The van der Waals surface area contributed by atoms with E-state index in [1.165, 1.54) is 30.5 Å². The van der Waals surface area contributed by atoms with Crippen LogP contribution in [0.3, 0.4) is 0 Å². The standard InChI is InChI=1S/C15H12FNO4/c16-11-3-1-2-9(6-11)10-7-13(19)15(17-8-10)12(18)4-5-14(20)21/h1-3,6-8,19H,4-5H2,(H,20,21). The molecule has 1 heterocycles. The number of carbonyl (C=O) groups excluding carboxylic acids is 1. The minimum absolute atomic E-state index is 0.184.